The summed E-state index contributed by atoms with van der Waals surface area (Å²) in [7, 11) is -5.09. The van der Waals surface area contributed by atoms with Gasteiger partial charge in [0.2, 0.25) is 6.10 Å². The molecule has 3 fully saturated rings. The van der Waals surface area contributed by atoms with E-state index >= 15 is 0 Å². The van der Waals surface area contributed by atoms with E-state index in [2.05, 4.69) is 4.74 Å². The first kappa shape index (κ1) is 24.0. The minimum atomic E-state index is -5.23. The fourth-order valence-corrected chi connectivity index (χ4v) is 5.72. The van der Waals surface area contributed by atoms with Gasteiger partial charge in [0.25, 0.3) is 10.1 Å². The van der Waals surface area contributed by atoms with Crippen molar-refractivity contribution in [1.82, 2.24) is 0 Å². The van der Waals surface area contributed by atoms with E-state index in [0.717, 1.165) is 0 Å². The van der Waals surface area contributed by atoms with Crippen LogP contribution in [0.5, 0.6) is 0 Å². The van der Waals surface area contributed by atoms with Crippen molar-refractivity contribution in [1.29, 1.82) is 0 Å². The van der Waals surface area contributed by atoms with Crippen LogP contribution in [0.2, 0.25) is 0 Å². The summed E-state index contributed by atoms with van der Waals surface area (Å²) in [6, 6.07) is 0. The lowest BCUT2D eigenvalue weighted by Crippen LogP contribution is -2.46. The molecule has 7 atom stereocenters. The molecule has 176 valence electrons. The van der Waals surface area contributed by atoms with Gasteiger partial charge in [-0.1, -0.05) is 6.92 Å². The number of hydrogen-bond acceptors (Lipinski definition) is 7. The molecule has 0 aliphatic heterocycles. The zero-order valence-electron chi connectivity index (χ0n) is 17.2. The van der Waals surface area contributed by atoms with Crippen molar-refractivity contribution in [3.8, 4) is 0 Å². The van der Waals surface area contributed by atoms with E-state index in [1.807, 2.05) is 0 Å². The number of carbonyl (C=O) groups excluding carboxylic acids is 3. The molecule has 3 aliphatic carbocycles. The third kappa shape index (κ3) is 4.46. The van der Waals surface area contributed by atoms with Gasteiger partial charge in [-0.3, -0.25) is 18.9 Å². The van der Waals surface area contributed by atoms with Crippen molar-refractivity contribution >= 4 is 27.8 Å². The SMILES string of the molecule is CCC(C)(C)C(=O)OC1C2CC(=O)C3C2CC1C3C(=O)OC(CS(=O)(=O)O)C(F)(F)F. The van der Waals surface area contributed by atoms with Gasteiger partial charge in [-0.05, 0) is 32.6 Å². The maximum absolute atomic E-state index is 13.2. The number of alkyl halides is 3. The lowest BCUT2D eigenvalue weighted by atomic mass is 9.77. The summed E-state index contributed by atoms with van der Waals surface area (Å²) >= 11 is 0. The Morgan fingerprint density at radius 1 is 1.19 bits per heavy atom. The molecule has 0 spiro atoms. The van der Waals surface area contributed by atoms with Crippen molar-refractivity contribution in [2.24, 2.45) is 35.0 Å². The molecule has 3 aliphatic rings. The van der Waals surface area contributed by atoms with Crippen molar-refractivity contribution in [2.45, 2.75) is 58.4 Å². The minimum Gasteiger partial charge on any atom is -0.461 e. The van der Waals surface area contributed by atoms with Crippen LogP contribution in [0.1, 0.15) is 40.0 Å². The normalized spacial score (nSPS) is 33.5. The lowest BCUT2D eigenvalue weighted by molar-refractivity contribution is -0.220. The average Bonchev–Trinajstić information content (AvgIpc) is 3.22. The van der Waals surface area contributed by atoms with Crippen LogP contribution in [0.3, 0.4) is 0 Å². The number of halogens is 3. The fraction of sp³-hybridized carbons (Fsp3) is 0.842. The lowest BCUT2D eigenvalue weighted by Gasteiger charge is -2.35. The zero-order chi connectivity index (χ0) is 23.5. The highest BCUT2D eigenvalue weighted by molar-refractivity contribution is 7.85. The van der Waals surface area contributed by atoms with Crippen LogP contribution in [0.15, 0.2) is 0 Å². The molecule has 0 saturated heterocycles. The van der Waals surface area contributed by atoms with E-state index in [-0.39, 0.29) is 24.0 Å². The van der Waals surface area contributed by atoms with Crippen LogP contribution in [-0.2, 0) is 34.0 Å². The predicted molar refractivity (Wildman–Crippen MR) is 98.0 cm³/mol. The molecule has 31 heavy (non-hydrogen) atoms. The molecule has 2 bridgehead atoms. The third-order valence-corrected chi connectivity index (χ3v) is 7.72. The molecule has 0 aromatic heterocycles. The highest BCUT2D eigenvalue weighted by Crippen LogP contribution is 2.62. The molecule has 3 rings (SSSR count). The molecule has 0 aromatic rings. The Hall–Kier alpha value is -1.69. The van der Waals surface area contributed by atoms with E-state index in [4.69, 9.17) is 9.29 Å². The fourth-order valence-electron chi connectivity index (χ4n) is 5.08. The second-order valence-electron chi connectivity index (χ2n) is 9.27. The van der Waals surface area contributed by atoms with Gasteiger partial charge < -0.3 is 9.47 Å². The van der Waals surface area contributed by atoms with Gasteiger partial charge in [-0.2, -0.15) is 21.6 Å². The first-order valence-electron chi connectivity index (χ1n) is 10.0. The molecule has 0 amide bonds. The molecule has 0 radical (unpaired) electrons. The van der Waals surface area contributed by atoms with Gasteiger partial charge in [-0.25, -0.2) is 0 Å². The van der Waals surface area contributed by atoms with E-state index in [1.165, 1.54) is 0 Å². The van der Waals surface area contributed by atoms with Gasteiger partial charge in [0.15, 0.2) is 0 Å². The number of rotatable bonds is 7. The summed E-state index contributed by atoms with van der Waals surface area (Å²) in [5.41, 5.74) is -0.809. The Morgan fingerprint density at radius 3 is 2.32 bits per heavy atom. The van der Waals surface area contributed by atoms with Crippen LogP contribution < -0.4 is 0 Å². The largest absolute Gasteiger partial charge is 0.461 e. The van der Waals surface area contributed by atoms with Crippen molar-refractivity contribution < 1.29 is 50.0 Å². The molecular weight excluding hydrogens is 445 g/mol. The van der Waals surface area contributed by atoms with Crippen molar-refractivity contribution in [3.63, 3.8) is 0 Å². The smallest absolute Gasteiger partial charge is 0.426 e. The Kier molecular flexibility index (Phi) is 5.96. The van der Waals surface area contributed by atoms with Crippen LogP contribution >= 0.6 is 0 Å². The van der Waals surface area contributed by atoms with Gasteiger partial charge in [0.1, 0.15) is 17.6 Å². The molecule has 3 saturated carbocycles. The highest BCUT2D eigenvalue weighted by Gasteiger charge is 2.68. The predicted octanol–water partition coefficient (Wildman–Crippen LogP) is 2.17. The van der Waals surface area contributed by atoms with Gasteiger partial charge in [0.05, 0.1) is 11.3 Å². The van der Waals surface area contributed by atoms with Crippen LogP contribution in [0, 0.1) is 35.0 Å². The second kappa shape index (κ2) is 7.72. The van der Waals surface area contributed by atoms with Crippen molar-refractivity contribution in [2.75, 3.05) is 5.75 Å². The van der Waals surface area contributed by atoms with Crippen LogP contribution in [-0.4, -0.2) is 54.8 Å². The molecule has 8 nitrogen and oxygen atoms in total. The number of ketones is 1. The standard InChI is InChI=1S/C19H25F3O8S/c1-4-18(2,3)17(25)30-15-9-6-11(23)13-8(9)5-10(15)14(13)16(24)29-12(19(20,21)22)7-31(26,27)28/h8-10,12-15H,4-7H2,1-3H3,(H,26,27,28). The molecule has 1 N–H and O–H groups in total. The molecular formula is C19H25F3O8S. The monoisotopic (exact) mass is 470 g/mol. The zero-order valence-corrected chi connectivity index (χ0v) is 18.0. The number of fused-ring (bicyclic) bond motifs is 1. The molecule has 12 heteroatoms. The minimum absolute atomic E-state index is 0.0633. The van der Waals surface area contributed by atoms with E-state index < -0.39 is 69.4 Å². The number of ether oxygens (including phenoxy) is 2. The van der Waals surface area contributed by atoms with Crippen LogP contribution in [0.25, 0.3) is 0 Å². The Balaban J connectivity index is 1.83. The number of hydrogen-bond donors (Lipinski definition) is 1. The van der Waals surface area contributed by atoms with E-state index in [1.54, 1.807) is 20.8 Å². The Bertz CT molecular complexity index is 881. The third-order valence-electron chi connectivity index (χ3n) is 6.99. The Labute approximate surface area is 177 Å². The van der Waals surface area contributed by atoms with E-state index in [9.17, 15) is 36.0 Å². The molecule has 7 unspecified atom stereocenters. The maximum Gasteiger partial charge on any atom is 0.426 e. The van der Waals surface area contributed by atoms with Gasteiger partial charge in [-0.15, -0.1) is 0 Å². The molecule has 0 heterocycles. The van der Waals surface area contributed by atoms with Gasteiger partial charge >= 0.3 is 18.1 Å². The summed E-state index contributed by atoms with van der Waals surface area (Å²) in [6.45, 7) is 5.16. The molecule has 0 aromatic carbocycles. The number of Topliss-reactive ketones (excluding diaryl/α,β-unsaturated/α-hetero) is 1. The first-order valence-corrected chi connectivity index (χ1v) is 11.6. The summed E-state index contributed by atoms with van der Waals surface area (Å²) in [6.07, 6.45) is -8.22. The highest BCUT2D eigenvalue weighted by atomic mass is 32.2. The van der Waals surface area contributed by atoms with Gasteiger partial charge in [0, 0.05) is 24.2 Å². The first-order chi connectivity index (χ1) is 14.1. The van der Waals surface area contributed by atoms with E-state index in [0.29, 0.717) is 12.8 Å². The maximum atomic E-state index is 13.2. The number of esters is 2. The summed E-state index contributed by atoms with van der Waals surface area (Å²) < 4.78 is 80.4. The quantitative estimate of drug-likeness (QED) is 0.444. The summed E-state index contributed by atoms with van der Waals surface area (Å²) in [5.74, 6) is -7.40. The topological polar surface area (TPSA) is 124 Å². The van der Waals surface area contributed by atoms with Crippen molar-refractivity contribution in [3.05, 3.63) is 0 Å². The summed E-state index contributed by atoms with van der Waals surface area (Å²) in [5, 5.41) is 0. The van der Waals surface area contributed by atoms with Crippen LogP contribution in [0.4, 0.5) is 13.2 Å². The average molecular weight is 470 g/mol. The summed E-state index contributed by atoms with van der Waals surface area (Å²) in [4.78, 5) is 37.8. The second-order valence-corrected chi connectivity index (χ2v) is 10.8. The Morgan fingerprint density at radius 2 is 1.81 bits per heavy atom. The number of carbonyl (C=O) groups is 3.